The van der Waals surface area contributed by atoms with Gasteiger partial charge in [-0.15, -0.1) is 0 Å². The average Bonchev–Trinajstić information content (AvgIpc) is 2.81. The van der Waals surface area contributed by atoms with Crippen molar-refractivity contribution in [1.82, 2.24) is 20.5 Å². The van der Waals surface area contributed by atoms with Gasteiger partial charge in [0.25, 0.3) is 5.91 Å². The number of pyridine rings is 1. The number of aromatic nitrogens is 1. The summed E-state index contributed by atoms with van der Waals surface area (Å²) in [6, 6.07) is 7.97. The Balaban J connectivity index is 2.01. The molecule has 34 heavy (non-hydrogen) atoms. The van der Waals surface area contributed by atoms with E-state index in [4.69, 9.17) is 0 Å². The van der Waals surface area contributed by atoms with E-state index < -0.39 is 35.7 Å². The predicted octanol–water partition coefficient (Wildman–Crippen LogP) is 2.88. The summed E-state index contributed by atoms with van der Waals surface area (Å²) < 4.78 is 38.3. The fourth-order valence-corrected chi connectivity index (χ4v) is 4.94. The molecule has 1 aromatic heterocycles. The van der Waals surface area contributed by atoms with E-state index >= 15 is 0 Å². The molecule has 0 aliphatic carbocycles. The average molecular weight is 517 g/mol. The van der Waals surface area contributed by atoms with E-state index in [0.29, 0.717) is 5.69 Å². The molecule has 12 heteroatoms. The van der Waals surface area contributed by atoms with Crippen molar-refractivity contribution in [2.75, 3.05) is 32.1 Å². The van der Waals surface area contributed by atoms with Crippen LogP contribution in [0.5, 0.6) is 0 Å². The normalized spacial score (nSPS) is 13.4. The maximum absolute atomic E-state index is 12.8. The molecule has 1 heterocycles. The number of carbonyl (C=O) groups is 2. The van der Waals surface area contributed by atoms with Gasteiger partial charge in [-0.3, -0.25) is 14.6 Å². The van der Waals surface area contributed by atoms with Gasteiger partial charge in [-0.25, -0.2) is 0 Å². The summed E-state index contributed by atoms with van der Waals surface area (Å²) >= 11 is 0. The van der Waals surface area contributed by atoms with Crippen molar-refractivity contribution in [3.8, 4) is 0 Å². The zero-order valence-corrected chi connectivity index (χ0v) is 20.3. The molecular formula is C22H27F3N4O3S2. The molecule has 0 fully saturated rings. The highest BCUT2D eigenvalue weighted by atomic mass is 33.1. The molecule has 0 aliphatic heterocycles. The Hall–Kier alpha value is -2.28. The summed E-state index contributed by atoms with van der Waals surface area (Å²) in [5, 5.41) is 15.6. The number of hydrogen-bond donors (Lipinski definition) is 3. The number of nitrogens with one attached hydrogen (secondary N) is 2. The lowest BCUT2D eigenvalue weighted by Crippen LogP contribution is -2.49. The number of amides is 2. The lowest BCUT2D eigenvalue weighted by molar-refractivity contribution is -0.137. The predicted molar refractivity (Wildman–Crippen MR) is 128 cm³/mol. The number of benzene rings is 1. The van der Waals surface area contributed by atoms with Crippen molar-refractivity contribution in [3.05, 3.63) is 65.5 Å². The summed E-state index contributed by atoms with van der Waals surface area (Å²) in [5.41, 5.74) is -0.258. The monoisotopic (exact) mass is 516 g/mol. The van der Waals surface area contributed by atoms with E-state index in [1.165, 1.54) is 21.6 Å². The van der Waals surface area contributed by atoms with Gasteiger partial charge in [-0.1, -0.05) is 39.8 Å². The molecule has 0 spiro atoms. The first-order valence-electron chi connectivity index (χ1n) is 10.3. The number of nitrogens with zero attached hydrogens (tertiary/aromatic N) is 2. The highest BCUT2D eigenvalue weighted by Crippen LogP contribution is 2.30. The van der Waals surface area contributed by atoms with Crippen molar-refractivity contribution in [2.24, 2.45) is 0 Å². The van der Waals surface area contributed by atoms with Gasteiger partial charge in [0.1, 0.15) is 6.04 Å². The molecule has 3 N–H and O–H groups in total. The molecule has 186 valence electrons. The molecular weight excluding hydrogens is 489 g/mol. The third kappa shape index (κ3) is 9.53. The summed E-state index contributed by atoms with van der Waals surface area (Å²) in [4.78, 5) is 31.5. The molecule has 2 unspecified atom stereocenters. The van der Waals surface area contributed by atoms with Gasteiger partial charge in [-0.2, -0.15) is 13.2 Å². The van der Waals surface area contributed by atoms with Gasteiger partial charge in [-0.05, 0) is 43.9 Å². The first-order valence-corrected chi connectivity index (χ1v) is 12.8. The minimum atomic E-state index is -4.52. The Labute approximate surface area is 204 Å². The molecule has 2 rings (SSSR count). The van der Waals surface area contributed by atoms with Gasteiger partial charge in [0.05, 0.1) is 17.8 Å². The van der Waals surface area contributed by atoms with Crippen LogP contribution in [0.15, 0.2) is 48.7 Å². The Bertz CT molecular complexity index is 916. The second-order valence-electron chi connectivity index (χ2n) is 7.53. The molecule has 0 radical (unpaired) electrons. The van der Waals surface area contributed by atoms with Crippen LogP contribution in [0, 0.1) is 0 Å². The summed E-state index contributed by atoms with van der Waals surface area (Å²) in [6.07, 6.45) is -4.65. The zero-order valence-electron chi connectivity index (χ0n) is 18.7. The highest BCUT2D eigenvalue weighted by Gasteiger charge is 2.31. The van der Waals surface area contributed by atoms with Gasteiger partial charge >= 0.3 is 6.18 Å². The van der Waals surface area contributed by atoms with Crippen LogP contribution in [-0.4, -0.2) is 65.0 Å². The van der Waals surface area contributed by atoms with Crippen molar-refractivity contribution in [3.63, 3.8) is 0 Å². The van der Waals surface area contributed by atoms with E-state index in [2.05, 4.69) is 15.6 Å². The first kappa shape index (κ1) is 28.0. The number of halogens is 3. The lowest BCUT2D eigenvalue weighted by atomic mass is 10.1. The smallest absolute Gasteiger partial charge is 0.378 e. The summed E-state index contributed by atoms with van der Waals surface area (Å²) in [7, 11) is 6.83. The minimum absolute atomic E-state index is 0.00819. The molecule has 7 nitrogen and oxygen atoms in total. The zero-order chi connectivity index (χ0) is 25.1. The third-order valence-corrected chi connectivity index (χ3v) is 6.94. The van der Waals surface area contributed by atoms with Crippen LogP contribution >= 0.6 is 21.6 Å². The molecule has 2 aromatic rings. The van der Waals surface area contributed by atoms with E-state index in [0.717, 1.165) is 36.6 Å². The quantitative estimate of drug-likeness (QED) is 0.295. The number of carbonyl (C=O) groups excluding carboxylic acids is 2. The molecule has 0 aliphatic rings. The fraction of sp³-hybridized carbons (Fsp3) is 0.409. The van der Waals surface area contributed by atoms with E-state index in [1.54, 1.807) is 24.4 Å². The largest absolute Gasteiger partial charge is 0.416 e. The number of aliphatic hydroxyl groups excluding tert-OH is 1. The molecule has 1 aromatic carbocycles. The summed E-state index contributed by atoms with van der Waals surface area (Å²) in [5.74, 6) is -0.296. The van der Waals surface area contributed by atoms with Crippen LogP contribution < -0.4 is 10.6 Å². The molecule has 0 saturated carbocycles. The maximum atomic E-state index is 12.8. The molecule has 0 bridgehead atoms. The van der Waals surface area contributed by atoms with E-state index in [9.17, 15) is 27.9 Å². The third-order valence-electron chi connectivity index (χ3n) is 4.54. The Morgan fingerprint density at radius 2 is 1.79 bits per heavy atom. The fourth-order valence-electron chi connectivity index (χ4n) is 2.64. The Morgan fingerprint density at radius 3 is 2.38 bits per heavy atom. The van der Waals surface area contributed by atoms with Crippen LogP contribution in [-0.2, 0) is 22.3 Å². The molecule has 2 amide bonds. The number of hydrogen-bond acceptors (Lipinski definition) is 7. The van der Waals surface area contributed by atoms with Crippen molar-refractivity contribution in [2.45, 2.75) is 24.9 Å². The summed E-state index contributed by atoms with van der Waals surface area (Å²) in [6.45, 7) is 0.999. The Morgan fingerprint density at radius 1 is 1.09 bits per heavy atom. The second kappa shape index (κ2) is 13.6. The maximum Gasteiger partial charge on any atom is 0.416 e. The van der Waals surface area contributed by atoms with Crippen LogP contribution in [0.2, 0.25) is 0 Å². The van der Waals surface area contributed by atoms with E-state index in [-0.39, 0.29) is 17.9 Å². The van der Waals surface area contributed by atoms with Crippen LogP contribution in [0.4, 0.5) is 13.2 Å². The molecule has 2 atom stereocenters. The highest BCUT2D eigenvalue weighted by molar-refractivity contribution is 8.76. The van der Waals surface area contributed by atoms with Crippen molar-refractivity contribution < 1.29 is 27.9 Å². The number of rotatable bonds is 12. The van der Waals surface area contributed by atoms with Gasteiger partial charge < -0.3 is 20.6 Å². The van der Waals surface area contributed by atoms with Crippen LogP contribution in [0.3, 0.4) is 0 Å². The number of alkyl halides is 3. The van der Waals surface area contributed by atoms with Crippen molar-refractivity contribution >= 4 is 33.4 Å². The first-order chi connectivity index (χ1) is 16.1. The topological polar surface area (TPSA) is 94.6 Å². The number of aliphatic hydroxyl groups is 1. The van der Waals surface area contributed by atoms with E-state index in [1.807, 2.05) is 19.0 Å². The van der Waals surface area contributed by atoms with Crippen LogP contribution in [0.25, 0.3) is 0 Å². The Kier molecular flexibility index (Phi) is 11.2. The lowest BCUT2D eigenvalue weighted by Gasteiger charge is -2.20. The standard InChI is InChI=1S/C22H27F3N4O3S2/c1-29(2)11-12-33-34-14-18(20(31)27-13-17-5-3-4-10-26-17)28-21(32)19(30)15-6-8-16(9-7-15)22(23,24)25/h3-10,18-19,30H,11-14H2,1-2H3,(H,27,31)(H,28,32). The van der Waals surface area contributed by atoms with Gasteiger partial charge in [0, 0.05) is 24.2 Å². The SMILES string of the molecule is CN(C)CCSSCC(NC(=O)C(O)c1ccc(C(F)(F)F)cc1)C(=O)NCc1ccccn1. The van der Waals surface area contributed by atoms with Crippen LogP contribution in [0.1, 0.15) is 22.9 Å². The second-order valence-corrected chi connectivity index (χ2v) is 10.2. The van der Waals surface area contributed by atoms with Gasteiger partial charge in [0.15, 0.2) is 6.10 Å². The minimum Gasteiger partial charge on any atom is -0.378 e. The van der Waals surface area contributed by atoms with Crippen molar-refractivity contribution in [1.29, 1.82) is 0 Å². The van der Waals surface area contributed by atoms with Gasteiger partial charge in [0.2, 0.25) is 5.91 Å². The molecule has 0 saturated heterocycles.